The van der Waals surface area contributed by atoms with Gasteiger partial charge in [0, 0.05) is 10.9 Å². The molecule has 2 aliphatic carbocycles. The number of aryl methyl sites for hydroxylation is 1. The summed E-state index contributed by atoms with van der Waals surface area (Å²) in [5.41, 5.74) is 1.48. The second-order valence-corrected chi connectivity index (χ2v) is 8.81. The van der Waals surface area contributed by atoms with Gasteiger partial charge in [0.05, 0.1) is 5.39 Å². The molecule has 0 bridgehead atoms. The number of halogens is 1. The summed E-state index contributed by atoms with van der Waals surface area (Å²) in [6.07, 6.45) is 8.78. The van der Waals surface area contributed by atoms with E-state index in [9.17, 15) is 0 Å². The van der Waals surface area contributed by atoms with Crippen LogP contribution in [0.5, 0.6) is 0 Å². The number of hydrogen-bond acceptors (Lipinski definition) is 4. The highest BCUT2D eigenvalue weighted by molar-refractivity contribution is 7.19. The van der Waals surface area contributed by atoms with E-state index in [4.69, 9.17) is 11.6 Å². The molecule has 124 valence electrons. The summed E-state index contributed by atoms with van der Waals surface area (Å²) in [6.45, 7) is 4.69. The first-order chi connectivity index (χ1) is 11.1. The van der Waals surface area contributed by atoms with Gasteiger partial charge in [-0.2, -0.15) is 0 Å². The first-order valence-corrected chi connectivity index (χ1v) is 10.1. The van der Waals surface area contributed by atoms with E-state index in [2.05, 4.69) is 29.1 Å². The second-order valence-electron chi connectivity index (χ2n) is 7.39. The Hall–Kier alpha value is -0.870. The highest BCUT2D eigenvalue weighted by atomic mass is 35.5. The molecular weight excluding hydrogens is 326 g/mol. The van der Waals surface area contributed by atoms with Crippen molar-refractivity contribution in [3.8, 4) is 0 Å². The van der Waals surface area contributed by atoms with Gasteiger partial charge in [-0.1, -0.05) is 26.7 Å². The molecular formula is C18H24ClN3S. The van der Waals surface area contributed by atoms with Gasteiger partial charge in [0.25, 0.3) is 0 Å². The Labute approximate surface area is 146 Å². The molecule has 1 N–H and O–H groups in total. The molecule has 0 spiro atoms. The molecule has 2 heterocycles. The minimum atomic E-state index is 0.370. The van der Waals surface area contributed by atoms with Crippen molar-refractivity contribution >= 4 is 39.0 Å². The summed E-state index contributed by atoms with van der Waals surface area (Å²) in [6, 6.07) is 0.510. The van der Waals surface area contributed by atoms with Crippen molar-refractivity contribution in [1.82, 2.24) is 9.97 Å². The van der Waals surface area contributed by atoms with Crippen LogP contribution in [-0.4, -0.2) is 16.0 Å². The van der Waals surface area contributed by atoms with E-state index in [0.29, 0.717) is 17.2 Å². The monoisotopic (exact) mass is 349 g/mol. The van der Waals surface area contributed by atoms with Crippen LogP contribution < -0.4 is 5.32 Å². The van der Waals surface area contributed by atoms with Crippen LogP contribution in [0.15, 0.2) is 0 Å². The average molecular weight is 350 g/mol. The third-order valence-corrected chi connectivity index (χ3v) is 6.88. The van der Waals surface area contributed by atoms with Crippen molar-refractivity contribution in [3.63, 3.8) is 0 Å². The van der Waals surface area contributed by atoms with Crippen molar-refractivity contribution in [2.75, 3.05) is 5.32 Å². The topological polar surface area (TPSA) is 37.8 Å². The summed E-state index contributed by atoms with van der Waals surface area (Å²) in [7, 11) is 0. The maximum Gasteiger partial charge on any atom is 0.225 e. The van der Waals surface area contributed by atoms with Crippen molar-refractivity contribution in [2.24, 2.45) is 11.8 Å². The highest BCUT2D eigenvalue weighted by Crippen LogP contribution is 2.41. The number of anilines is 1. The summed E-state index contributed by atoms with van der Waals surface area (Å²) in [5.74, 6) is 2.45. The summed E-state index contributed by atoms with van der Waals surface area (Å²) in [4.78, 5) is 11.7. The van der Waals surface area contributed by atoms with Gasteiger partial charge in [-0.05, 0) is 61.1 Å². The summed E-state index contributed by atoms with van der Waals surface area (Å²) < 4.78 is 0. The van der Waals surface area contributed by atoms with Gasteiger partial charge in [-0.25, -0.2) is 9.97 Å². The number of hydrogen-bond donors (Lipinski definition) is 1. The zero-order chi connectivity index (χ0) is 16.0. The Kier molecular flexibility index (Phi) is 4.22. The smallest absolute Gasteiger partial charge is 0.225 e. The van der Waals surface area contributed by atoms with Gasteiger partial charge in [0.15, 0.2) is 0 Å². The van der Waals surface area contributed by atoms with Crippen LogP contribution in [0.25, 0.3) is 10.2 Å². The predicted octanol–water partition coefficient (Wildman–Crippen LogP) is 5.46. The lowest BCUT2D eigenvalue weighted by molar-refractivity contribution is 0.349. The molecule has 2 aliphatic rings. The Bertz CT molecular complexity index is 727. The van der Waals surface area contributed by atoms with E-state index < -0.39 is 0 Å². The fourth-order valence-electron chi connectivity index (χ4n) is 4.13. The summed E-state index contributed by atoms with van der Waals surface area (Å²) >= 11 is 8.03. The maximum absolute atomic E-state index is 6.21. The molecule has 5 heteroatoms. The van der Waals surface area contributed by atoms with Crippen LogP contribution in [0.3, 0.4) is 0 Å². The van der Waals surface area contributed by atoms with Crippen molar-refractivity contribution in [2.45, 2.75) is 64.8 Å². The lowest BCUT2D eigenvalue weighted by Crippen LogP contribution is -2.30. The zero-order valence-electron chi connectivity index (χ0n) is 13.9. The lowest BCUT2D eigenvalue weighted by atomic mass is 9.85. The highest BCUT2D eigenvalue weighted by Gasteiger charge is 2.26. The first kappa shape index (κ1) is 15.6. The molecule has 3 atom stereocenters. The first-order valence-electron chi connectivity index (χ1n) is 8.86. The van der Waals surface area contributed by atoms with E-state index in [1.165, 1.54) is 54.4 Å². The largest absolute Gasteiger partial charge is 0.366 e. The van der Waals surface area contributed by atoms with E-state index in [1.807, 2.05) is 11.3 Å². The van der Waals surface area contributed by atoms with Gasteiger partial charge < -0.3 is 5.32 Å². The molecule has 0 aromatic carbocycles. The van der Waals surface area contributed by atoms with Crippen LogP contribution in [0, 0.1) is 11.8 Å². The number of rotatable bonds is 2. The fourth-order valence-corrected chi connectivity index (χ4v) is 5.73. The number of nitrogens with zero attached hydrogens (tertiary/aromatic N) is 2. The maximum atomic E-state index is 6.21. The van der Waals surface area contributed by atoms with Gasteiger partial charge in [-0.3, -0.25) is 0 Å². The van der Waals surface area contributed by atoms with E-state index in [0.717, 1.165) is 23.0 Å². The molecule has 2 aromatic rings. The van der Waals surface area contributed by atoms with Gasteiger partial charge in [0.1, 0.15) is 10.6 Å². The van der Waals surface area contributed by atoms with Crippen LogP contribution in [0.1, 0.15) is 56.4 Å². The van der Waals surface area contributed by atoms with Gasteiger partial charge >= 0.3 is 0 Å². The zero-order valence-corrected chi connectivity index (χ0v) is 15.4. The third kappa shape index (κ3) is 2.96. The van der Waals surface area contributed by atoms with E-state index in [-0.39, 0.29) is 0 Å². The molecule has 0 radical (unpaired) electrons. The van der Waals surface area contributed by atoms with E-state index >= 15 is 0 Å². The standard InChI is InChI=1S/C18H24ClN3S/c1-10-7-8-12-14(9-10)23-17-15(12)16(21-18(19)22-17)20-13-6-4-3-5-11(13)2/h10-11,13H,3-9H2,1-2H3,(H,20,21,22). The molecule has 23 heavy (non-hydrogen) atoms. The number of fused-ring (bicyclic) bond motifs is 3. The second kappa shape index (κ2) is 6.21. The van der Waals surface area contributed by atoms with Crippen molar-refractivity contribution in [3.05, 3.63) is 15.7 Å². The Morgan fingerprint density at radius 2 is 1.96 bits per heavy atom. The van der Waals surface area contributed by atoms with Crippen LogP contribution in [0.2, 0.25) is 5.28 Å². The number of thiophene rings is 1. The minimum Gasteiger partial charge on any atom is -0.366 e. The average Bonchev–Trinajstić information content (AvgIpc) is 2.86. The minimum absolute atomic E-state index is 0.370. The summed E-state index contributed by atoms with van der Waals surface area (Å²) in [5, 5.41) is 5.35. The fraction of sp³-hybridized carbons (Fsp3) is 0.667. The molecule has 1 saturated carbocycles. The Balaban J connectivity index is 1.76. The number of nitrogens with one attached hydrogen (secondary N) is 1. The molecule has 3 nitrogen and oxygen atoms in total. The molecule has 3 unspecified atom stereocenters. The Morgan fingerprint density at radius 1 is 1.13 bits per heavy atom. The normalized spacial score (nSPS) is 27.9. The molecule has 0 aliphatic heterocycles. The van der Waals surface area contributed by atoms with E-state index in [1.54, 1.807) is 0 Å². The predicted molar refractivity (Wildman–Crippen MR) is 98.7 cm³/mol. The number of aromatic nitrogens is 2. The Morgan fingerprint density at radius 3 is 2.78 bits per heavy atom. The van der Waals surface area contributed by atoms with Gasteiger partial charge in [0.2, 0.25) is 5.28 Å². The quantitative estimate of drug-likeness (QED) is 0.731. The third-order valence-electron chi connectivity index (χ3n) is 5.56. The molecule has 4 rings (SSSR count). The van der Waals surface area contributed by atoms with Gasteiger partial charge in [-0.15, -0.1) is 11.3 Å². The van der Waals surface area contributed by atoms with Crippen molar-refractivity contribution < 1.29 is 0 Å². The van der Waals surface area contributed by atoms with Crippen LogP contribution >= 0.6 is 22.9 Å². The SMILES string of the molecule is CC1CCc2c(sc3nc(Cl)nc(NC4CCCCC4C)c23)C1. The molecule has 1 fully saturated rings. The molecule has 0 saturated heterocycles. The molecule has 2 aromatic heterocycles. The molecule has 0 amide bonds. The van der Waals surface area contributed by atoms with Crippen LogP contribution in [-0.2, 0) is 12.8 Å². The van der Waals surface area contributed by atoms with Crippen LogP contribution in [0.4, 0.5) is 5.82 Å². The lowest BCUT2D eigenvalue weighted by Gasteiger charge is -2.30. The van der Waals surface area contributed by atoms with Crippen molar-refractivity contribution in [1.29, 1.82) is 0 Å².